The van der Waals surface area contributed by atoms with E-state index in [1.54, 1.807) is 24.0 Å². The van der Waals surface area contributed by atoms with Gasteiger partial charge in [0.05, 0.1) is 17.2 Å². The quantitative estimate of drug-likeness (QED) is 0.583. The van der Waals surface area contributed by atoms with Crippen molar-refractivity contribution in [1.82, 2.24) is 25.3 Å². The SMILES string of the molecule is Cn1ccc(CNC(=O)c2[nH]ncc2[N+](=O)[O-])n1. The molecule has 9 heteroatoms. The van der Waals surface area contributed by atoms with E-state index in [-0.39, 0.29) is 17.9 Å². The summed E-state index contributed by atoms with van der Waals surface area (Å²) in [5.41, 5.74) is 0.137. The Hall–Kier alpha value is -2.71. The number of aromatic amines is 1. The van der Waals surface area contributed by atoms with Crippen LogP contribution >= 0.6 is 0 Å². The summed E-state index contributed by atoms with van der Waals surface area (Å²) in [6, 6.07) is 1.74. The summed E-state index contributed by atoms with van der Waals surface area (Å²) in [7, 11) is 1.76. The third-order valence-corrected chi connectivity index (χ3v) is 2.24. The highest BCUT2D eigenvalue weighted by Crippen LogP contribution is 2.13. The Morgan fingerprint density at radius 3 is 3.06 bits per heavy atom. The van der Waals surface area contributed by atoms with Crippen LogP contribution in [-0.4, -0.2) is 30.8 Å². The van der Waals surface area contributed by atoms with Crippen LogP contribution < -0.4 is 5.32 Å². The lowest BCUT2D eigenvalue weighted by atomic mass is 10.3. The lowest BCUT2D eigenvalue weighted by molar-refractivity contribution is -0.385. The number of aryl methyl sites for hydroxylation is 1. The highest BCUT2D eigenvalue weighted by atomic mass is 16.6. The molecule has 0 saturated heterocycles. The Bertz CT molecular complexity index is 587. The number of nitrogens with zero attached hydrogens (tertiary/aromatic N) is 4. The predicted molar refractivity (Wildman–Crippen MR) is 59.6 cm³/mol. The van der Waals surface area contributed by atoms with Crippen molar-refractivity contribution in [3.8, 4) is 0 Å². The molecule has 0 atom stereocenters. The molecule has 2 aromatic rings. The van der Waals surface area contributed by atoms with Crippen molar-refractivity contribution in [2.75, 3.05) is 0 Å². The molecule has 0 unspecified atom stereocenters. The number of amides is 1. The average molecular weight is 250 g/mol. The first-order valence-electron chi connectivity index (χ1n) is 5.02. The third-order valence-electron chi connectivity index (χ3n) is 2.24. The highest BCUT2D eigenvalue weighted by Gasteiger charge is 2.22. The van der Waals surface area contributed by atoms with Crippen LogP contribution in [0.4, 0.5) is 5.69 Å². The first-order chi connectivity index (χ1) is 8.58. The number of hydrogen-bond donors (Lipinski definition) is 2. The monoisotopic (exact) mass is 250 g/mol. The zero-order valence-corrected chi connectivity index (χ0v) is 9.45. The molecule has 0 spiro atoms. The van der Waals surface area contributed by atoms with Crippen molar-refractivity contribution in [3.63, 3.8) is 0 Å². The summed E-state index contributed by atoms with van der Waals surface area (Å²) >= 11 is 0. The molecule has 2 heterocycles. The van der Waals surface area contributed by atoms with Crippen LogP contribution in [0.15, 0.2) is 18.5 Å². The molecule has 0 aliphatic heterocycles. The van der Waals surface area contributed by atoms with Gasteiger partial charge in [0, 0.05) is 13.2 Å². The fourth-order valence-electron chi connectivity index (χ4n) is 1.40. The van der Waals surface area contributed by atoms with E-state index in [9.17, 15) is 14.9 Å². The lowest BCUT2D eigenvalue weighted by Gasteiger charge is -2.00. The number of carbonyl (C=O) groups excluding carboxylic acids is 1. The maximum absolute atomic E-state index is 11.7. The van der Waals surface area contributed by atoms with Crippen LogP contribution in [0.2, 0.25) is 0 Å². The van der Waals surface area contributed by atoms with E-state index in [1.165, 1.54) is 0 Å². The average Bonchev–Trinajstić information content (AvgIpc) is 2.94. The maximum Gasteiger partial charge on any atom is 0.319 e. The summed E-state index contributed by atoms with van der Waals surface area (Å²) in [5.74, 6) is -0.593. The molecule has 0 aliphatic rings. The smallest absolute Gasteiger partial charge is 0.319 e. The second-order valence-electron chi connectivity index (χ2n) is 3.55. The van der Waals surface area contributed by atoms with Crippen LogP contribution in [0, 0.1) is 10.1 Å². The van der Waals surface area contributed by atoms with E-state index in [0.717, 1.165) is 6.20 Å². The van der Waals surface area contributed by atoms with Crippen molar-refractivity contribution in [2.45, 2.75) is 6.54 Å². The van der Waals surface area contributed by atoms with E-state index < -0.39 is 10.8 Å². The molecule has 2 aromatic heterocycles. The Labute approximate surface area is 101 Å². The van der Waals surface area contributed by atoms with E-state index in [0.29, 0.717) is 5.69 Å². The van der Waals surface area contributed by atoms with Crippen LogP contribution in [0.25, 0.3) is 0 Å². The molecule has 0 aromatic carbocycles. The summed E-state index contributed by atoms with van der Waals surface area (Å²) in [4.78, 5) is 21.6. The lowest BCUT2D eigenvalue weighted by Crippen LogP contribution is -2.24. The normalized spacial score (nSPS) is 10.3. The van der Waals surface area contributed by atoms with Crippen LogP contribution in [0.5, 0.6) is 0 Å². The highest BCUT2D eigenvalue weighted by molar-refractivity contribution is 5.95. The summed E-state index contributed by atoms with van der Waals surface area (Å²) in [5, 5.41) is 23.0. The Morgan fingerprint density at radius 1 is 1.67 bits per heavy atom. The maximum atomic E-state index is 11.7. The molecular formula is C9H10N6O3. The molecule has 2 rings (SSSR count). The van der Waals surface area contributed by atoms with Gasteiger partial charge in [-0.3, -0.25) is 24.7 Å². The Kier molecular flexibility index (Phi) is 3.04. The minimum Gasteiger partial charge on any atom is -0.345 e. The number of rotatable bonds is 4. The second kappa shape index (κ2) is 4.65. The number of nitro groups is 1. The Balaban J connectivity index is 2.04. The van der Waals surface area contributed by atoms with E-state index in [1.807, 2.05) is 0 Å². The molecular weight excluding hydrogens is 240 g/mol. The molecule has 9 nitrogen and oxygen atoms in total. The number of H-pyrrole nitrogens is 1. The minimum atomic E-state index is -0.667. The number of nitrogens with one attached hydrogen (secondary N) is 2. The molecule has 18 heavy (non-hydrogen) atoms. The fraction of sp³-hybridized carbons (Fsp3) is 0.222. The van der Waals surface area contributed by atoms with Crippen molar-refractivity contribution in [2.24, 2.45) is 7.05 Å². The van der Waals surface area contributed by atoms with Crippen LogP contribution in [0.1, 0.15) is 16.2 Å². The van der Waals surface area contributed by atoms with Gasteiger partial charge in [-0.15, -0.1) is 0 Å². The molecule has 0 fully saturated rings. The van der Waals surface area contributed by atoms with E-state index >= 15 is 0 Å². The fourth-order valence-corrected chi connectivity index (χ4v) is 1.40. The molecule has 94 valence electrons. The molecule has 1 amide bonds. The van der Waals surface area contributed by atoms with Gasteiger partial charge in [-0.1, -0.05) is 0 Å². The van der Waals surface area contributed by atoms with Crippen molar-refractivity contribution in [1.29, 1.82) is 0 Å². The molecule has 2 N–H and O–H groups in total. The van der Waals surface area contributed by atoms with Gasteiger partial charge in [0.25, 0.3) is 5.91 Å². The minimum absolute atomic E-state index is 0.170. The van der Waals surface area contributed by atoms with Crippen molar-refractivity contribution >= 4 is 11.6 Å². The van der Waals surface area contributed by atoms with E-state index in [2.05, 4.69) is 20.6 Å². The van der Waals surface area contributed by atoms with Gasteiger partial charge in [0.15, 0.2) is 0 Å². The van der Waals surface area contributed by atoms with Gasteiger partial charge in [-0.05, 0) is 6.07 Å². The predicted octanol–water partition coefficient (Wildman–Crippen LogP) is -0.0186. The topological polar surface area (TPSA) is 119 Å². The van der Waals surface area contributed by atoms with Crippen LogP contribution in [0.3, 0.4) is 0 Å². The number of hydrogen-bond acceptors (Lipinski definition) is 5. The first-order valence-corrected chi connectivity index (χ1v) is 5.02. The number of aromatic nitrogens is 4. The van der Waals surface area contributed by atoms with E-state index in [4.69, 9.17) is 0 Å². The van der Waals surface area contributed by atoms with Crippen molar-refractivity contribution in [3.05, 3.63) is 40.0 Å². The van der Waals surface area contributed by atoms with Gasteiger partial charge in [0.1, 0.15) is 6.20 Å². The molecule has 0 bridgehead atoms. The molecule has 0 aliphatic carbocycles. The Morgan fingerprint density at radius 2 is 2.44 bits per heavy atom. The second-order valence-corrected chi connectivity index (χ2v) is 3.55. The van der Waals surface area contributed by atoms with Gasteiger partial charge in [0.2, 0.25) is 5.69 Å². The van der Waals surface area contributed by atoms with Gasteiger partial charge in [-0.25, -0.2) is 0 Å². The van der Waals surface area contributed by atoms with Gasteiger partial charge < -0.3 is 5.32 Å². The zero-order chi connectivity index (χ0) is 13.1. The van der Waals surface area contributed by atoms with Gasteiger partial charge >= 0.3 is 5.69 Å². The number of carbonyl (C=O) groups is 1. The summed E-state index contributed by atoms with van der Waals surface area (Å²) < 4.78 is 1.60. The van der Waals surface area contributed by atoms with Crippen molar-refractivity contribution < 1.29 is 9.72 Å². The summed E-state index contributed by atoms with van der Waals surface area (Å²) in [6.45, 7) is 0.190. The molecule has 0 radical (unpaired) electrons. The van der Waals surface area contributed by atoms with Gasteiger partial charge in [-0.2, -0.15) is 10.2 Å². The first kappa shape index (κ1) is 11.8. The standard InChI is InChI=1S/C9H10N6O3/c1-14-3-2-6(13-14)4-10-9(16)8-7(15(17)18)5-11-12-8/h2-3,5H,4H2,1H3,(H,10,16)(H,11,12). The largest absolute Gasteiger partial charge is 0.345 e. The molecule has 0 saturated carbocycles. The summed E-state index contributed by atoms with van der Waals surface area (Å²) in [6.07, 6.45) is 2.73. The zero-order valence-electron chi connectivity index (χ0n) is 9.45. The van der Waals surface area contributed by atoms with Crippen LogP contribution in [-0.2, 0) is 13.6 Å². The third kappa shape index (κ3) is 2.34.